The molecule has 4 heteroatoms. The van der Waals surface area contributed by atoms with Crippen LogP contribution in [-0.4, -0.2) is 29.3 Å². The third kappa shape index (κ3) is 3.16. The quantitative estimate of drug-likeness (QED) is 0.709. The Morgan fingerprint density at radius 1 is 1.47 bits per heavy atom. The number of aromatic nitrogens is 2. The second-order valence-electron chi connectivity index (χ2n) is 3.46. The van der Waals surface area contributed by atoms with E-state index in [4.69, 9.17) is 4.74 Å². The smallest absolute Gasteiger partial charge is 0.179 e. The highest BCUT2D eigenvalue weighted by molar-refractivity contribution is 5.79. The van der Waals surface area contributed by atoms with Gasteiger partial charge < -0.3 is 4.74 Å². The number of methoxy groups -OCH3 is 1. The van der Waals surface area contributed by atoms with Gasteiger partial charge >= 0.3 is 0 Å². The minimum Gasteiger partial charge on any atom is -0.377 e. The Labute approximate surface area is 90.2 Å². The van der Waals surface area contributed by atoms with Crippen LogP contribution in [-0.2, 0) is 28.9 Å². The number of carbonyl (C=O) groups excluding carboxylic acids is 1. The molecule has 0 saturated heterocycles. The number of nitrogens with zero attached hydrogens (tertiary/aromatic N) is 2. The molecule has 0 aliphatic carbocycles. The zero-order valence-corrected chi connectivity index (χ0v) is 9.62. The van der Waals surface area contributed by atoms with Gasteiger partial charge in [-0.1, -0.05) is 13.8 Å². The Balaban J connectivity index is 2.74. The average Bonchev–Trinajstić information content (AvgIpc) is 2.60. The van der Waals surface area contributed by atoms with E-state index >= 15 is 0 Å². The summed E-state index contributed by atoms with van der Waals surface area (Å²) in [6.07, 6.45) is 1.80. The first kappa shape index (κ1) is 11.9. The molecule has 0 radical (unpaired) electrons. The fraction of sp³-hybridized carbons (Fsp3) is 0.636. The molecule has 4 nitrogen and oxygen atoms in total. The van der Waals surface area contributed by atoms with Gasteiger partial charge in [-0.3, -0.25) is 9.48 Å². The van der Waals surface area contributed by atoms with E-state index in [0.29, 0.717) is 6.54 Å². The SMILES string of the molecule is CCc1cc(CC)n(CC(=O)COC)n1. The highest BCUT2D eigenvalue weighted by Gasteiger charge is 2.08. The molecule has 84 valence electrons. The van der Waals surface area contributed by atoms with Crippen LogP contribution in [0.25, 0.3) is 0 Å². The third-order valence-electron chi connectivity index (χ3n) is 2.27. The lowest BCUT2D eigenvalue weighted by atomic mass is 10.2. The molecule has 0 aromatic carbocycles. The highest BCUT2D eigenvalue weighted by atomic mass is 16.5. The largest absolute Gasteiger partial charge is 0.377 e. The van der Waals surface area contributed by atoms with Gasteiger partial charge in [-0.2, -0.15) is 5.10 Å². The maximum Gasteiger partial charge on any atom is 0.179 e. The van der Waals surface area contributed by atoms with Crippen molar-refractivity contribution in [2.24, 2.45) is 0 Å². The Morgan fingerprint density at radius 2 is 2.20 bits per heavy atom. The first-order valence-electron chi connectivity index (χ1n) is 5.27. The lowest BCUT2D eigenvalue weighted by Crippen LogP contribution is -2.17. The zero-order valence-electron chi connectivity index (χ0n) is 9.62. The number of hydrogen-bond donors (Lipinski definition) is 0. The van der Waals surface area contributed by atoms with E-state index in [1.54, 1.807) is 4.68 Å². The minimum atomic E-state index is 0.0537. The zero-order chi connectivity index (χ0) is 11.3. The highest BCUT2D eigenvalue weighted by Crippen LogP contribution is 2.06. The van der Waals surface area contributed by atoms with Gasteiger partial charge in [0.1, 0.15) is 13.2 Å². The lowest BCUT2D eigenvalue weighted by molar-refractivity contribution is -0.123. The molecule has 1 rings (SSSR count). The minimum absolute atomic E-state index is 0.0537. The molecule has 0 aliphatic heterocycles. The van der Waals surface area contributed by atoms with Crippen molar-refractivity contribution in [2.75, 3.05) is 13.7 Å². The Morgan fingerprint density at radius 3 is 2.73 bits per heavy atom. The van der Waals surface area contributed by atoms with Gasteiger partial charge in [0.15, 0.2) is 5.78 Å². The van der Waals surface area contributed by atoms with Crippen LogP contribution in [0, 0.1) is 0 Å². The van der Waals surface area contributed by atoms with Gasteiger partial charge in [-0.05, 0) is 18.9 Å². The summed E-state index contributed by atoms with van der Waals surface area (Å²) in [6.45, 7) is 4.60. The van der Waals surface area contributed by atoms with Crippen LogP contribution >= 0.6 is 0 Å². The van der Waals surface area contributed by atoms with Crippen molar-refractivity contribution >= 4 is 5.78 Å². The topological polar surface area (TPSA) is 44.1 Å². The molecule has 0 atom stereocenters. The number of ketones is 1. The number of ether oxygens (including phenoxy) is 1. The summed E-state index contributed by atoms with van der Waals surface area (Å²) in [7, 11) is 1.53. The fourth-order valence-corrected chi connectivity index (χ4v) is 1.48. The van der Waals surface area contributed by atoms with Crippen molar-refractivity contribution in [3.63, 3.8) is 0 Å². The Hall–Kier alpha value is -1.16. The van der Waals surface area contributed by atoms with Gasteiger partial charge in [0.25, 0.3) is 0 Å². The molecule has 0 saturated carbocycles. The summed E-state index contributed by atoms with van der Waals surface area (Å²) >= 11 is 0. The average molecular weight is 210 g/mol. The lowest BCUT2D eigenvalue weighted by Gasteiger charge is -2.04. The van der Waals surface area contributed by atoms with E-state index in [2.05, 4.69) is 25.0 Å². The van der Waals surface area contributed by atoms with Crippen LogP contribution in [0.5, 0.6) is 0 Å². The Kier molecular flexibility index (Phi) is 4.49. The molecule has 0 amide bonds. The van der Waals surface area contributed by atoms with Crippen LogP contribution < -0.4 is 0 Å². The Bertz CT molecular complexity index is 331. The molecule has 1 aromatic rings. The number of aryl methyl sites for hydroxylation is 2. The first-order valence-corrected chi connectivity index (χ1v) is 5.27. The molecule has 1 aromatic heterocycles. The summed E-state index contributed by atoms with van der Waals surface area (Å²) in [4.78, 5) is 11.4. The van der Waals surface area contributed by atoms with Gasteiger partial charge in [0.05, 0.1) is 5.69 Å². The van der Waals surface area contributed by atoms with E-state index in [-0.39, 0.29) is 12.4 Å². The fourth-order valence-electron chi connectivity index (χ4n) is 1.48. The maximum atomic E-state index is 11.4. The van der Waals surface area contributed by atoms with Crippen molar-refractivity contribution < 1.29 is 9.53 Å². The summed E-state index contributed by atoms with van der Waals surface area (Å²) in [6, 6.07) is 2.06. The van der Waals surface area contributed by atoms with Crippen LogP contribution in [0.4, 0.5) is 0 Å². The van der Waals surface area contributed by atoms with Crippen molar-refractivity contribution in [1.82, 2.24) is 9.78 Å². The molecule has 0 unspecified atom stereocenters. The third-order valence-corrected chi connectivity index (χ3v) is 2.27. The second kappa shape index (κ2) is 5.66. The van der Waals surface area contributed by atoms with Crippen LogP contribution in [0.15, 0.2) is 6.07 Å². The molecule has 0 spiro atoms. The molecule has 15 heavy (non-hydrogen) atoms. The number of Topliss-reactive ketones (excluding diaryl/α,β-unsaturated/α-hetero) is 1. The van der Waals surface area contributed by atoms with Crippen molar-refractivity contribution in [3.05, 3.63) is 17.5 Å². The molecule has 0 fully saturated rings. The normalized spacial score (nSPS) is 10.6. The van der Waals surface area contributed by atoms with E-state index in [1.807, 2.05) is 0 Å². The summed E-state index contributed by atoms with van der Waals surface area (Å²) in [5.74, 6) is 0.0537. The van der Waals surface area contributed by atoms with Crippen LogP contribution in [0.3, 0.4) is 0 Å². The molecule has 0 bridgehead atoms. The monoisotopic (exact) mass is 210 g/mol. The number of hydrogen-bond acceptors (Lipinski definition) is 3. The summed E-state index contributed by atoms with van der Waals surface area (Å²) in [5.41, 5.74) is 2.15. The number of carbonyl (C=O) groups is 1. The predicted molar refractivity (Wildman–Crippen MR) is 57.9 cm³/mol. The predicted octanol–water partition coefficient (Wildman–Crippen LogP) is 1.22. The molecular weight excluding hydrogens is 192 g/mol. The van der Waals surface area contributed by atoms with E-state index in [9.17, 15) is 4.79 Å². The molecular formula is C11H18N2O2. The second-order valence-corrected chi connectivity index (χ2v) is 3.46. The van der Waals surface area contributed by atoms with Gasteiger partial charge in [-0.25, -0.2) is 0 Å². The van der Waals surface area contributed by atoms with Crippen molar-refractivity contribution in [3.8, 4) is 0 Å². The van der Waals surface area contributed by atoms with Gasteiger partial charge in [0, 0.05) is 12.8 Å². The molecule has 0 N–H and O–H groups in total. The van der Waals surface area contributed by atoms with Crippen molar-refractivity contribution in [1.29, 1.82) is 0 Å². The van der Waals surface area contributed by atoms with Crippen molar-refractivity contribution in [2.45, 2.75) is 33.2 Å². The van der Waals surface area contributed by atoms with Gasteiger partial charge in [-0.15, -0.1) is 0 Å². The number of rotatable bonds is 6. The van der Waals surface area contributed by atoms with E-state index in [0.717, 1.165) is 24.2 Å². The molecule has 1 heterocycles. The molecule has 0 aliphatic rings. The summed E-state index contributed by atoms with van der Waals surface area (Å²) in [5, 5.41) is 4.36. The van der Waals surface area contributed by atoms with Crippen LogP contribution in [0.2, 0.25) is 0 Å². The maximum absolute atomic E-state index is 11.4. The first-order chi connectivity index (χ1) is 7.21. The van der Waals surface area contributed by atoms with Crippen LogP contribution in [0.1, 0.15) is 25.2 Å². The van der Waals surface area contributed by atoms with Gasteiger partial charge in [0.2, 0.25) is 0 Å². The van der Waals surface area contributed by atoms with E-state index < -0.39 is 0 Å². The standard InChI is InChI=1S/C11H18N2O2/c1-4-9-6-10(5-2)13(12-9)7-11(14)8-15-3/h6H,4-5,7-8H2,1-3H3. The summed E-state index contributed by atoms with van der Waals surface area (Å²) < 4.78 is 6.57. The van der Waals surface area contributed by atoms with E-state index in [1.165, 1.54) is 7.11 Å².